The summed E-state index contributed by atoms with van der Waals surface area (Å²) >= 11 is 0. The Kier molecular flexibility index (Phi) is 6.29. The van der Waals surface area contributed by atoms with E-state index < -0.39 is 46.2 Å². The number of primary amides is 1. The van der Waals surface area contributed by atoms with Crippen molar-refractivity contribution in [2.24, 2.45) is 5.73 Å². The third kappa shape index (κ3) is 4.59. The SMILES string of the molecule is NC(=O)C(c1ccccc1)N(C(=O)c1ccccc1[N+](=O)[O-])[C@@H]1CCc2ccc(C(F)(F)F)cc21. The number of hydrogen-bond donors (Lipinski definition) is 1. The molecular weight excluding hydrogens is 463 g/mol. The van der Waals surface area contributed by atoms with Crippen LogP contribution in [0, 0.1) is 10.1 Å². The van der Waals surface area contributed by atoms with Crippen molar-refractivity contribution in [3.63, 3.8) is 0 Å². The molecule has 0 radical (unpaired) electrons. The molecule has 0 fully saturated rings. The minimum atomic E-state index is -4.61. The van der Waals surface area contributed by atoms with Crippen LogP contribution in [0.1, 0.15) is 51.1 Å². The van der Waals surface area contributed by atoms with Crippen LogP contribution in [0.4, 0.5) is 18.9 Å². The van der Waals surface area contributed by atoms with Gasteiger partial charge in [0.15, 0.2) is 0 Å². The number of alkyl halides is 3. The molecule has 3 aromatic rings. The summed E-state index contributed by atoms with van der Waals surface area (Å²) < 4.78 is 40.4. The Bertz CT molecular complexity index is 1290. The van der Waals surface area contributed by atoms with Gasteiger partial charge in [-0.15, -0.1) is 0 Å². The van der Waals surface area contributed by atoms with Crippen LogP contribution >= 0.6 is 0 Å². The third-order valence-electron chi connectivity index (χ3n) is 6.08. The number of amides is 2. The molecule has 180 valence electrons. The summed E-state index contributed by atoms with van der Waals surface area (Å²) in [7, 11) is 0. The van der Waals surface area contributed by atoms with E-state index in [0.29, 0.717) is 17.5 Å². The number of nitro groups is 1. The monoisotopic (exact) mass is 483 g/mol. The summed E-state index contributed by atoms with van der Waals surface area (Å²) in [6.45, 7) is 0. The van der Waals surface area contributed by atoms with E-state index in [1.165, 1.54) is 24.3 Å². The van der Waals surface area contributed by atoms with Gasteiger partial charge in [0.25, 0.3) is 11.6 Å². The molecule has 7 nitrogen and oxygen atoms in total. The highest BCUT2D eigenvalue weighted by Gasteiger charge is 2.42. The van der Waals surface area contributed by atoms with Gasteiger partial charge >= 0.3 is 6.18 Å². The van der Waals surface area contributed by atoms with Crippen LogP contribution in [-0.4, -0.2) is 21.6 Å². The fourth-order valence-electron chi connectivity index (χ4n) is 4.53. The van der Waals surface area contributed by atoms with Gasteiger partial charge in [0.1, 0.15) is 11.6 Å². The number of fused-ring (bicyclic) bond motifs is 1. The summed E-state index contributed by atoms with van der Waals surface area (Å²) in [5.41, 5.74) is 5.22. The maximum Gasteiger partial charge on any atom is 0.416 e. The van der Waals surface area contributed by atoms with Crippen molar-refractivity contribution in [1.82, 2.24) is 4.90 Å². The van der Waals surface area contributed by atoms with E-state index in [-0.39, 0.29) is 17.5 Å². The number of para-hydroxylation sites is 1. The van der Waals surface area contributed by atoms with E-state index in [1.54, 1.807) is 30.3 Å². The standard InChI is InChI=1S/C25H20F3N3O4/c26-25(27,28)17-12-10-15-11-13-20(19(15)14-17)30(22(23(29)32)16-6-2-1-3-7-16)24(33)18-8-4-5-9-21(18)31(34)35/h1-10,12,14,20,22H,11,13H2,(H2,29,32)/t20-,22?/m1/s1. The van der Waals surface area contributed by atoms with Gasteiger partial charge in [0, 0.05) is 6.07 Å². The fourth-order valence-corrected chi connectivity index (χ4v) is 4.53. The topological polar surface area (TPSA) is 107 Å². The molecular formula is C25H20F3N3O4. The van der Waals surface area contributed by atoms with Gasteiger partial charge in [-0.3, -0.25) is 19.7 Å². The number of nitrogens with two attached hydrogens (primary N) is 1. The Morgan fingerprint density at radius 1 is 1.03 bits per heavy atom. The van der Waals surface area contributed by atoms with Crippen LogP contribution in [0.25, 0.3) is 0 Å². The van der Waals surface area contributed by atoms with Crippen molar-refractivity contribution >= 4 is 17.5 Å². The van der Waals surface area contributed by atoms with E-state index >= 15 is 0 Å². The zero-order chi connectivity index (χ0) is 25.3. The van der Waals surface area contributed by atoms with Gasteiger partial charge in [0.2, 0.25) is 5.91 Å². The molecule has 0 aromatic heterocycles. The molecule has 0 aliphatic heterocycles. The normalized spacial score (nSPS) is 15.8. The number of benzene rings is 3. The molecule has 4 rings (SSSR count). The first-order valence-electron chi connectivity index (χ1n) is 10.7. The number of halogens is 3. The van der Waals surface area contributed by atoms with Crippen LogP contribution in [0.15, 0.2) is 72.8 Å². The highest BCUT2D eigenvalue weighted by Crippen LogP contribution is 2.44. The Labute approximate surface area is 198 Å². The molecule has 0 bridgehead atoms. The number of nitrogens with zero attached hydrogens (tertiary/aromatic N) is 2. The highest BCUT2D eigenvalue weighted by atomic mass is 19.4. The lowest BCUT2D eigenvalue weighted by molar-refractivity contribution is -0.385. The summed E-state index contributed by atoms with van der Waals surface area (Å²) in [6.07, 6.45) is -4.03. The molecule has 35 heavy (non-hydrogen) atoms. The maximum absolute atomic E-state index is 13.9. The summed E-state index contributed by atoms with van der Waals surface area (Å²) in [6, 6.07) is 14.3. The quantitative estimate of drug-likeness (QED) is 0.395. The molecule has 0 saturated heterocycles. The maximum atomic E-state index is 13.9. The van der Waals surface area contributed by atoms with Gasteiger partial charge in [0.05, 0.1) is 16.5 Å². The van der Waals surface area contributed by atoms with Crippen molar-refractivity contribution in [3.05, 3.63) is 111 Å². The number of rotatable bonds is 6. The Morgan fingerprint density at radius 3 is 2.31 bits per heavy atom. The molecule has 2 N–H and O–H groups in total. The van der Waals surface area contributed by atoms with E-state index in [0.717, 1.165) is 23.1 Å². The van der Waals surface area contributed by atoms with E-state index in [2.05, 4.69) is 0 Å². The van der Waals surface area contributed by atoms with Crippen molar-refractivity contribution in [1.29, 1.82) is 0 Å². The van der Waals surface area contributed by atoms with E-state index in [9.17, 15) is 32.9 Å². The molecule has 0 heterocycles. The molecule has 1 aliphatic carbocycles. The molecule has 10 heteroatoms. The summed E-state index contributed by atoms with van der Waals surface area (Å²) in [5.74, 6) is -1.79. The molecule has 1 unspecified atom stereocenters. The molecule has 0 saturated carbocycles. The fraction of sp³-hybridized carbons (Fsp3) is 0.200. The number of aryl methyl sites for hydroxylation is 1. The molecule has 3 aromatic carbocycles. The number of carbonyl (C=O) groups is 2. The van der Waals surface area contributed by atoms with Crippen LogP contribution in [0.3, 0.4) is 0 Å². The van der Waals surface area contributed by atoms with Crippen LogP contribution < -0.4 is 5.73 Å². The zero-order valence-electron chi connectivity index (χ0n) is 18.2. The Hall–Kier alpha value is -4.21. The van der Waals surface area contributed by atoms with Crippen molar-refractivity contribution in [2.75, 3.05) is 0 Å². The van der Waals surface area contributed by atoms with Crippen molar-refractivity contribution in [3.8, 4) is 0 Å². The molecule has 2 atom stereocenters. The molecule has 2 amide bonds. The van der Waals surface area contributed by atoms with E-state index in [1.807, 2.05) is 0 Å². The molecule has 0 spiro atoms. The minimum Gasteiger partial charge on any atom is -0.368 e. The van der Waals surface area contributed by atoms with Crippen LogP contribution in [0.2, 0.25) is 0 Å². The number of carbonyl (C=O) groups excluding carboxylic acids is 2. The lowest BCUT2D eigenvalue weighted by Gasteiger charge is -2.36. The smallest absolute Gasteiger partial charge is 0.368 e. The first-order valence-corrected chi connectivity index (χ1v) is 10.7. The predicted octanol–water partition coefficient (Wildman–Crippen LogP) is 4.97. The van der Waals surface area contributed by atoms with Crippen LogP contribution in [0.5, 0.6) is 0 Å². The van der Waals surface area contributed by atoms with Crippen LogP contribution in [-0.2, 0) is 17.4 Å². The van der Waals surface area contributed by atoms with Gasteiger partial charge in [-0.2, -0.15) is 13.2 Å². The zero-order valence-corrected chi connectivity index (χ0v) is 18.2. The summed E-state index contributed by atoms with van der Waals surface area (Å²) in [5, 5.41) is 11.6. The first-order chi connectivity index (χ1) is 16.6. The third-order valence-corrected chi connectivity index (χ3v) is 6.08. The van der Waals surface area contributed by atoms with Gasteiger partial charge in [-0.1, -0.05) is 48.5 Å². The van der Waals surface area contributed by atoms with Crippen molar-refractivity contribution in [2.45, 2.75) is 31.1 Å². The predicted molar refractivity (Wildman–Crippen MR) is 120 cm³/mol. The second-order valence-electron chi connectivity index (χ2n) is 8.17. The van der Waals surface area contributed by atoms with Gasteiger partial charge in [-0.25, -0.2) is 0 Å². The summed E-state index contributed by atoms with van der Waals surface area (Å²) in [4.78, 5) is 38.5. The number of nitro benzene ring substituents is 1. The lowest BCUT2D eigenvalue weighted by atomic mass is 9.96. The van der Waals surface area contributed by atoms with E-state index in [4.69, 9.17) is 5.73 Å². The van der Waals surface area contributed by atoms with Gasteiger partial charge in [-0.05, 0) is 47.7 Å². The largest absolute Gasteiger partial charge is 0.416 e. The molecule has 1 aliphatic rings. The lowest BCUT2D eigenvalue weighted by Crippen LogP contribution is -2.43. The Balaban J connectivity index is 1.92. The first kappa shape index (κ1) is 23.9. The second kappa shape index (κ2) is 9.21. The Morgan fingerprint density at radius 2 is 1.69 bits per heavy atom. The van der Waals surface area contributed by atoms with Crippen molar-refractivity contribution < 1.29 is 27.7 Å². The van der Waals surface area contributed by atoms with Gasteiger partial charge < -0.3 is 10.6 Å². The second-order valence-corrected chi connectivity index (χ2v) is 8.17. The highest BCUT2D eigenvalue weighted by molar-refractivity contribution is 6.01. The average Bonchev–Trinajstić information content (AvgIpc) is 3.24. The number of hydrogen-bond acceptors (Lipinski definition) is 4. The average molecular weight is 483 g/mol. The minimum absolute atomic E-state index is 0.222.